The number of fused-ring (bicyclic) bond motifs is 3. The topological polar surface area (TPSA) is 53.1 Å². The lowest BCUT2D eigenvalue weighted by Crippen LogP contribution is -1.97. The van der Waals surface area contributed by atoms with Gasteiger partial charge in [-0.2, -0.15) is 0 Å². The third-order valence-electron chi connectivity index (χ3n) is 3.27. The lowest BCUT2D eigenvalue weighted by molar-refractivity contribution is -0.132. The van der Waals surface area contributed by atoms with Gasteiger partial charge in [-0.05, 0) is 18.6 Å². The Morgan fingerprint density at radius 3 is 1.90 bits per heavy atom. The van der Waals surface area contributed by atoms with Crippen molar-refractivity contribution in [3.63, 3.8) is 0 Å². The van der Waals surface area contributed by atoms with Crippen LogP contribution in [0.1, 0.15) is 19.8 Å². The summed E-state index contributed by atoms with van der Waals surface area (Å²) < 4.78 is 0. The molecule has 0 aliphatic rings. The Kier molecular flexibility index (Phi) is 4.77. The summed E-state index contributed by atoms with van der Waals surface area (Å²) in [5.41, 5.74) is 2.72. The van der Waals surface area contributed by atoms with Crippen LogP contribution in [0.3, 0.4) is 0 Å². The molecule has 0 radical (unpaired) electrons. The molecule has 108 valence electrons. The Labute approximate surface area is 123 Å². The molecule has 0 spiro atoms. The molecule has 2 aromatic carbocycles. The number of carboxylic acid groups (broad SMARTS) is 1. The van der Waals surface area contributed by atoms with Crippen LogP contribution in [0, 0.1) is 0 Å². The molecule has 2 N–H and O–H groups in total. The van der Waals surface area contributed by atoms with Crippen molar-refractivity contribution >= 4 is 27.8 Å². The van der Waals surface area contributed by atoms with E-state index in [0.717, 1.165) is 6.42 Å². The van der Waals surface area contributed by atoms with Crippen molar-refractivity contribution in [3.05, 3.63) is 60.7 Å². The van der Waals surface area contributed by atoms with Crippen LogP contribution in [0.5, 0.6) is 0 Å². The van der Waals surface area contributed by atoms with E-state index in [-0.39, 0.29) is 0 Å². The lowest BCUT2D eigenvalue weighted by Gasteiger charge is -1.92. The number of aliphatic carboxylic acids is 1. The Morgan fingerprint density at radius 1 is 1.05 bits per heavy atom. The first-order valence-corrected chi connectivity index (χ1v) is 7.00. The smallest absolute Gasteiger partial charge is 0.330 e. The molecule has 0 bridgehead atoms. The van der Waals surface area contributed by atoms with Crippen LogP contribution in [-0.4, -0.2) is 16.1 Å². The third kappa shape index (κ3) is 3.51. The predicted octanol–water partition coefficient (Wildman–Crippen LogP) is 4.75. The van der Waals surface area contributed by atoms with Crippen molar-refractivity contribution in [2.75, 3.05) is 0 Å². The normalized spacial score (nSPS) is 10.1. The molecular formula is C18H19NO2. The Morgan fingerprint density at radius 2 is 1.52 bits per heavy atom. The number of para-hydroxylation sites is 2. The maximum absolute atomic E-state index is 9.99. The van der Waals surface area contributed by atoms with E-state index < -0.39 is 5.97 Å². The third-order valence-corrected chi connectivity index (χ3v) is 3.27. The summed E-state index contributed by atoms with van der Waals surface area (Å²) in [7, 11) is 0. The first-order chi connectivity index (χ1) is 10.1. The molecule has 0 saturated heterocycles. The molecule has 0 unspecified atom stereocenters. The molecule has 0 amide bonds. The highest BCUT2D eigenvalue weighted by Crippen LogP contribution is 2.24. The molecule has 3 nitrogen and oxygen atoms in total. The molecule has 21 heavy (non-hydrogen) atoms. The van der Waals surface area contributed by atoms with Crippen molar-refractivity contribution in [1.82, 2.24) is 4.98 Å². The van der Waals surface area contributed by atoms with Gasteiger partial charge in [-0.1, -0.05) is 56.3 Å². The molecule has 1 aromatic heterocycles. The highest BCUT2D eigenvalue weighted by atomic mass is 16.4. The van der Waals surface area contributed by atoms with Gasteiger partial charge in [0.2, 0.25) is 0 Å². The van der Waals surface area contributed by atoms with Crippen LogP contribution in [0.15, 0.2) is 60.7 Å². The quantitative estimate of drug-likeness (QED) is 0.681. The summed E-state index contributed by atoms with van der Waals surface area (Å²) in [5.74, 6) is -0.883. The largest absolute Gasteiger partial charge is 0.478 e. The zero-order valence-electron chi connectivity index (χ0n) is 12.1. The van der Waals surface area contributed by atoms with Gasteiger partial charge in [0.15, 0.2) is 0 Å². The fourth-order valence-corrected chi connectivity index (χ4v) is 2.21. The summed E-state index contributed by atoms with van der Waals surface area (Å²) in [4.78, 5) is 13.4. The van der Waals surface area contributed by atoms with E-state index in [9.17, 15) is 4.79 Å². The average Bonchev–Trinajstić information content (AvgIpc) is 2.86. The molecule has 3 heteroatoms. The van der Waals surface area contributed by atoms with Gasteiger partial charge in [0.1, 0.15) is 0 Å². The second-order valence-corrected chi connectivity index (χ2v) is 4.87. The lowest BCUT2D eigenvalue weighted by atomic mass is 10.2. The first-order valence-electron chi connectivity index (χ1n) is 7.00. The summed E-state index contributed by atoms with van der Waals surface area (Å²) in [5, 5.41) is 10.8. The highest BCUT2D eigenvalue weighted by molar-refractivity contribution is 6.06. The van der Waals surface area contributed by atoms with Gasteiger partial charge in [0.05, 0.1) is 0 Å². The SMILES string of the molecule is C=C(CCC)C(=O)O.c1ccc2c(c1)[nH]c1ccccc12. The van der Waals surface area contributed by atoms with Gasteiger partial charge in [0, 0.05) is 27.4 Å². The van der Waals surface area contributed by atoms with Crippen LogP contribution >= 0.6 is 0 Å². The Hall–Kier alpha value is -2.55. The van der Waals surface area contributed by atoms with E-state index in [1.54, 1.807) is 0 Å². The van der Waals surface area contributed by atoms with Crippen LogP contribution in [0.25, 0.3) is 21.8 Å². The number of carbonyl (C=O) groups is 1. The Balaban J connectivity index is 0.000000177. The summed E-state index contributed by atoms with van der Waals surface area (Å²) in [6.07, 6.45) is 1.44. The van der Waals surface area contributed by atoms with Crippen molar-refractivity contribution in [2.45, 2.75) is 19.8 Å². The standard InChI is InChI=1S/C12H9N.C6H10O2/c1-3-7-11-9(5-1)10-6-2-4-8-12(10)13-11;1-3-4-5(2)6(7)8/h1-8,13H;2-4H2,1H3,(H,7,8). The van der Waals surface area contributed by atoms with Crippen LogP contribution in [0.4, 0.5) is 0 Å². The molecule has 0 saturated carbocycles. The predicted molar refractivity (Wildman–Crippen MR) is 87.5 cm³/mol. The molecule has 0 aliphatic carbocycles. The number of benzene rings is 2. The van der Waals surface area contributed by atoms with Crippen molar-refractivity contribution < 1.29 is 9.90 Å². The maximum atomic E-state index is 9.99. The number of aromatic nitrogens is 1. The summed E-state index contributed by atoms with van der Waals surface area (Å²) in [6.45, 7) is 5.27. The average molecular weight is 281 g/mol. The second-order valence-electron chi connectivity index (χ2n) is 4.87. The van der Waals surface area contributed by atoms with Gasteiger partial charge >= 0.3 is 5.97 Å². The fraction of sp³-hybridized carbons (Fsp3) is 0.167. The number of hydrogen-bond acceptors (Lipinski definition) is 1. The molecule has 0 aliphatic heterocycles. The second kappa shape index (κ2) is 6.75. The highest BCUT2D eigenvalue weighted by Gasteiger charge is 2.00. The van der Waals surface area contributed by atoms with Gasteiger partial charge in [0.25, 0.3) is 0 Å². The minimum atomic E-state index is -0.883. The molecular weight excluding hydrogens is 262 g/mol. The van der Waals surface area contributed by atoms with Crippen LogP contribution < -0.4 is 0 Å². The minimum Gasteiger partial charge on any atom is -0.478 e. The molecule has 1 heterocycles. The van der Waals surface area contributed by atoms with Gasteiger partial charge in [-0.15, -0.1) is 0 Å². The maximum Gasteiger partial charge on any atom is 0.330 e. The Bertz CT molecular complexity index is 721. The van der Waals surface area contributed by atoms with E-state index in [1.165, 1.54) is 21.8 Å². The monoisotopic (exact) mass is 281 g/mol. The van der Waals surface area contributed by atoms with E-state index in [1.807, 2.05) is 6.92 Å². The minimum absolute atomic E-state index is 0.299. The number of nitrogens with one attached hydrogen (secondary N) is 1. The first kappa shape index (κ1) is 14.9. The van der Waals surface area contributed by atoms with E-state index in [0.29, 0.717) is 12.0 Å². The number of hydrogen-bond donors (Lipinski definition) is 2. The molecule has 0 fully saturated rings. The van der Waals surface area contributed by atoms with Crippen molar-refractivity contribution in [2.24, 2.45) is 0 Å². The molecule has 3 rings (SSSR count). The molecule has 0 atom stereocenters. The zero-order valence-corrected chi connectivity index (χ0v) is 12.1. The fourth-order valence-electron chi connectivity index (χ4n) is 2.21. The van der Waals surface area contributed by atoms with E-state index in [2.05, 4.69) is 60.1 Å². The van der Waals surface area contributed by atoms with E-state index in [4.69, 9.17) is 5.11 Å². The zero-order chi connectivity index (χ0) is 15.2. The van der Waals surface area contributed by atoms with Gasteiger partial charge < -0.3 is 10.1 Å². The van der Waals surface area contributed by atoms with Crippen molar-refractivity contribution in [3.8, 4) is 0 Å². The number of aromatic amines is 1. The van der Waals surface area contributed by atoms with Crippen LogP contribution in [0.2, 0.25) is 0 Å². The summed E-state index contributed by atoms with van der Waals surface area (Å²) in [6, 6.07) is 16.8. The van der Waals surface area contributed by atoms with Gasteiger partial charge in [-0.3, -0.25) is 0 Å². The van der Waals surface area contributed by atoms with Gasteiger partial charge in [-0.25, -0.2) is 4.79 Å². The van der Waals surface area contributed by atoms with Crippen LogP contribution in [-0.2, 0) is 4.79 Å². The number of rotatable bonds is 3. The van der Waals surface area contributed by atoms with Crippen molar-refractivity contribution in [1.29, 1.82) is 0 Å². The number of carboxylic acids is 1. The van der Waals surface area contributed by atoms with E-state index >= 15 is 0 Å². The molecule has 3 aromatic rings. The summed E-state index contributed by atoms with van der Waals surface area (Å²) >= 11 is 0. The number of H-pyrrole nitrogens is 1.